The van der Waals surface area contributed by atoms with Crippen molar-refractivity contribution in [3.05, 3.63) is 35.8 Å². The number of ether oxygens (including phenoxy) is 1. The van der Waals surface area contributed by atoms with Crippen LogP contribution in [0.1, 0.15) is 26.0 Å². The van der Waals surface area contributed by atoms with Crippen molar-refractivity contribution in [3.63, 3.8) is 0 Å². The second kappa shape index (κ2) is 7.02. The Morgan fingerprint density at radius 1 is 1.24 bits per heavy atom. The Morgan fingerprint density at radius 3 is 2.76 bits per heavy atom. The second-order valence-corrected chi connectivity index (χ2v) is 4.68. The summed E-state index contributed by atoms with van der Waals surface area (Å²) in [6.07, 6.45) is 0.900. The van der Waals surface area contributed by atoms with E-state index in [2.05, 4.69) is 15.3 Å². The molecule has 0 aliphatic heterocycles. The van der Waals surface area contributed by atoms with E-state index in [0.717, 1.165) is 17.7 Å². The van der Waals surface area contributed by atoms with Crippen LogP contribution in [0.5, 0.6) is 5.75 Å². The zero-order valence-corrected chi connectivity index (χ0v) is 12.6. The third kappa shape index (κ3) is 3.68. The lowest BCUT2D eigenvalue weighted by Crippen LogP contribution is -2.08. The van der Waals surface area contributed by atoms with Gasteiger partial charge in [0.15, 0.2) is 17.5 Å². The van der Waals surface area contributed by atoms with E-state index in [9.17, 15) is 4.39 Å². The van der Waals surface area contributed by atoms with Gasteiger partial charge in [-0.25, -0.2) is 14.4 Å². The number of anilines is 1. The molecule has 1 N–H and O–H groups in total. The van der Waals surface area contributed by atoms with E-state index in [4.69, 9.17) is 4.74 Å². The van der Waals surface area contributed by atoms with Gasteiger partial charge in [0, 0.05) is 12.1 Å². The summed E-state index contributed by atoms with van der Waals surface area (Å²) >= 11 is 0. The monoisotopic (exact) mass is 289 g/mol. The molecule has 0 unspecified atom stereocenters. The molecular formula is C16H20FN3O. The molecule has 1 aromatic heterocycles. The average molecular weight is 289 g/mol. The summed E-state index contributed by atoms with van der Waals surface area (Å²) in [4.78, 5) is 8.52. The lowest BCUT2D eigenvalue weighted by molar-refractivity contribution is 0.340. The quantitative estimate of drug-likeness (QED) is 0.878. The summed E-state index contributed by atoms with van der Waals surface area (Å²) < 4.78 is 19.5. The molecule has 2 rings (SSSR count). The van der Waals surface area contributed by atoms with Gasteiger partial charge in [0.2, 0.25) is 0 Å². The number of nitrogens with zero attached hydrogens (tertiary/aromatic N) is 2. The minimum absolute atomic E-state index is 0.251. The van der Waals surface area contributed by atoms with Gasteiger partial charge in [-0.15, -0.1) is 0 Å². The Kier molecular flexibility index (Phi) is 5.09. The lowest BCUT2D eigenvalue weighted by Gasteiger charge is -2.10. The molecule has 0 saturated carbocycles. The molecule has 112 valence electrons. The molecule has 0 bridgehead atoms. The van der Waals surface area contributed by atoms with Crippen LogP contribution in [0, 0.1) is 12.7 Å². The highest BCUT2D eigenvalue weighted by atomic mass is 19.1. The fraction of sp³-hybridized carbons (Fsp3) is 0.375. The van der Waals surface area contributed by atoms with Crippen molar-refractivity contribution >= 4 is 5.82 Å². The number of rotatable bonds is 6. The molecule has 4 nitrogen and oxygen atoms in total. The second-order valence-electron chi connectivity index (χ2n) is 4.68. The van der Waals surface area contributed by atoms with Crippen LogP contribution in [0.2, 0.25) is 0 Å². The predicted molar refractivity (Wildman–Crippen MR) is 82.1 cm³/mol. The highest BCUT2D eigenvalue weighted by Crippen LogP contribution is 2.24. The van der Waals surface area contributed by atoms with Crippen LogP contribution >= 0.6 is 0 Å². The molecule has 1 heterocycles. The predicted octanol–water partition coefficient (Wildman–Crippen LogP) is 3.81. The molecule has 0 saturated heterocycles. The molecule has 5 heteroatoms. The van der Waals surface area contributed by atoms with Crippen LogP contribution < -0.4 is 10.1 Å². The number of aromatic nitrogens is 2. The van der Waals surface area contributed by atoms with Gasteiger partial charge in [0.1, 0.15) is 5.75 Å². The van der Waals surface area contributed by atoms with Gasteiger partial charge in [-0.3, -0.25) is 0 Å². The number of nitrogens with one attached hydrogen (secondary N) is 1. The maximum Gasteiger partial charge on any atom is 0.186 e. The van der Waals surface area contributed by atoms with E-state index in [1.54, 1.807) is 6.92 Å². The summed E-state index contributed by atoms with van der Waals surface area (Å²) in [7, 11) is 0. The first-order chi connectivity index (χ1) is 10.2. The van der Waals surface area contributed by atoms with Crippen LogP contribution in [0.4, 0.5) is 10.2 Å². The summed E-state index contributed by atoms with van der Waals surface area (Å²) in [5.74, 6) is 1.10. The van der Waals surface area contributed by atoms with Gasteiger partial charge < -0.3 is 10.1 Å². The SMILES string of the molecule is CCCNc1nc(-c2cccc(OCC)c2)nc(C)c1F. The van der Waals surface area contributed by atoms with Crippen LogP contribution in [-0.2, 0) is 0 Å². The van der Waals surface area contributed by atoms with Crippen LogP contribution in [0.3, 0.4) is 0 Å². The molecule has 0 fully saturated rings. The standard InChI is InChI=1S/C16H20FN3O/c1-4-9-18-16-14(17)11(3)19-15(20-16)12-7-6-8-13(10-12)21-5-2/h6-8,10H,4-5,9H2,1-3H3,(H,18,19,20). The highest BCUT2D eigenvalue weighted by Gasteiger charge is 2.12. The Hall–Kier alpha value is -2.17. The normalized spacial score (nSPS) is 10.5. The summed E-state index contributed by atoms with van der Waals surface area (Å²) in [6, 6.07) is 7.50. The molecule has 0 aliphatic carbocycles. The molecule has 2 aromatic rings. The third-order valence-electron chi connectivity index (χ3n) is 2.96. The smallest absolute Gasteiger partial charge is 0.186 e. The van der Waals surface area contributed by atoms with Crippen LogP contribution in [0.15, 0.2) is 24.3 Å². The van der Waals surface area contributed by atoms with Gasteiger partial charge in [-0.1, -0.05) is 19.1 Å². The minimum Gasteiger partial charge on any atom is -0.494 e. The van der Waals surface area contributed by atoms with E-state index in [1.165, 1.54) is 0 Å². The van der Waals surface area contributed by atoms with Crippen molar-refractivity contribution in [3.8, 4) is 17.1 Å². The van der Waals surface area contributed by atoms with Crippen LogP contribution in [-0.4, -0.2) is 23.1 Å². The number of benzene rings is 1. The number of halogens is 1. The summed E-state index contributed by atoms with van der Waals surface area (Å²) in [5.41, 5.74) is 1.14. The van der Waals surface area contributed by atoms with Gasteiger partial charge in [-0.2, -0.15) is 0 Å². The Bertz CT molecular complexity index is 616. The van der Waals surface area contributed by atoms with Crippen molar-refractivity contribution in [1.82, 2.24) is 9.97 Å². The van der Waals surface area contributed by atoms with E-state index in [0.29, 0.717) is 24.7 Å². The number of hydrogen-bond donors (Lipinski definition) is 1. The Labute approximate surface area is 124 Å². The molecule has 0 radical (unpaired) electrons. The van der Waals surface area contributed by atoms with Crippen molar-refractivity contribution in [2.75, 3.05) is 18.5 Å². The van der Waals surface area contributed by atoms with Crippen molar-refractivity contribution in [1.29, 1.82) is 0 Å². The van der Waals surface area contributed by atoms with Gasteiger partial charge in [0.25, 0.3) is 0 Å². The molecule has 1 aromatic carbocycles. The lowest BCUT2D eigenvalue weighted by atomic mass is 10.2. The largest absolute Gasteiger partial charge is 0.494 e. The first-order valence-corrected chi connectivity index (χ1v) is 7.17. The first kappa shape index (κ1) is 15.2. The maximum atomic E-state index is 14.0. The first-order valence-electron chi connectivity index (χ1n) is 7.17. The van der Waals surface area contributed by atoms with Crippen LogP contribution in [0.25, 0.3) is 11.4 Å². The van der Waals surface area contributed by atoms with Gasteiger partial charge in [-0.05, 0) is 32.4 Å². The van der Waals surface area contributed by atoms with E-state index >= 15 is 0 Å². The highest BCUT2D eigenvalue weighted by molar-refractivity contribution is 5.60. The Morgan fingerprint density at radius 2 is 2.05 bits per heavy atom. The Balaban J connectivity index is 2.39. The van der Waals surface area contributed by atoms with E-state index < -0.39 is 5.82 Å². The summed E-state index contributed by atoms with van der Waals surface area (Å²) in [5, 5.41) is 3.00. The number of hydrogen-bond acceptors (Lipinski definition) is 4. The fourth-order valence-electron chi connectivity index (χ4n) is 1.94. The molecule has 21 heavy (non-hydrogen) atoms. The average Bonchev–Trinajstić information content (AvgIpc) is 2.49. The zero-order valence-electron chi connectivity index (χ0n) is 12.6. The van der Waals surface area contributed by atoms with Gasteiger partial charge >= 0.3 is 0 Å². The van der Waals surface area contributed by atoms with E-state index in [1.807, 2.05) is 38.1 Å². The summed E-state index contributed by atoms with van der Waals surface area (Å²) in [6.45, 7) is 6.86. The third-order valence-corrected chi connectivity index (χ3v) is 2.96. The maximum absolute atomic E-state index is 14.0. The van der Waals surface area contributed by atoms with E-state index in [-0.39, 0.29) is 5.82 Å². The topological polar surface area (TPSA) is 47.0 Å². The molecular weight excluding hydrogens is 269 g/mol. The molecule has 0 aliphatic rings. The van der Waals surface area contributed by atoms with Gasteiger partial charge in [0.05, 0.1) is 12.3 Å². The fourth-order valence-corrected chi connectivity index (χ4v) is 1.94. The van der Waals surface area contributed by atoms with Crippen molar-refractivity contribution in [2.24, 2.45) is 0 Å². The molecule has 0 spiro atoms. The number of aryl methyl sites for hydroxylation is 1. The van der Waals surface area contributed by atoms with Crippen molar-refractivity contribution < 1.29 is 9.13 Å². The molecule has 0 atom stereocenters. The van der Waals surface area contributed by atoms with Crippen molar-refractivity contribution in [2.45, 2.75) is 27.2 Å². The zero-order chi connectivity index (χ0) is 15.2. The minimum atomic E-state index is -0.395. The molecule has 0 amide bonds.